The van der Waals surface area contributed by atoms with Gasteiger partial charge in [0.15, 0.2) is 0 Å². The molecule has 1 amide bonds. The first-order chi connectivity index (χ1) is 17.1. The molecule has 36 heavy (non-hydrogen) atoms. The highest BCUT2D eigenvalue weighted by Crippen LogP contribution is 2.43. The highest BCUT2D eigenvalue weighted by Gasteiger charge is 2.42. The van der Waals surface area contributed by atoms with Crippen LogP contribution in [0.3, 0.4) is 0 Å². The zero-order chi connectivity index (χ0) is 25.9. The van der Waals surface area contributed by atoms with Crippen molar-refractivity contribution in [1.29, 1.82) is 0 Å². The van der Waals surface area contributed by atoms with Crippen LogP contribution in [0.1, 0.15) is 41.5 Å². The number of nitrogens with zero attached hydrogens (tertiary/aromatic N) is 1. The highest BCUT2D eigenvalue weighted by molar-refractivity contribution is 5.96. The van der Waals surface area contributed by atoms with Gasteiger partial charge in [0.25, 0.3) is 0 Å². The average molecular weight is 497 g/mol. The molecule has 0 fully saturated rings. The molecule has 1 aliphatic heterocycles. The summed E-state index contributed by atoms with van der Waals surface area (Å²) in [6.07, 6.45) is -5.04. The van der Waals surface area contributed by atoms with Crippen LogP contribution in [0.4, 0.5) is 17.6 Å². The molecule has 1 atom stereocenters. The van der Waals surface area contributed by atoms with Gasteiger partial charge in [-0.25, -0.2) is 9.18 Å². The van der Waals surface area contributed by atoms with Gasteiger partial charge < -0.3 is 9.64 Å². The molecule has 0 spiro atoms. The molecule has 0 saturated heterocycles. The second-order valence-electron chi connectivity index (χ2n) is 8.51. The van der Waals surface area contributed by atoms with Gasteiger partial charge >= 0.3 is 12.1 Å². The Kier molecular flexibility index (Phi) is 7.24. The van der Waals surface area contributed by atoms with Gasteiger partial charge in [-0.3, -0.25) is 4.79 Å². The topological polar surface area (TPSA) is 46.6 Å². The molecule has 0 radical (unpaired) electrons. The van der Waals surface area contributed by atoms with E-state index in [0.29, 0.717) is 11.1 Å². The van der Waals surface area contributed by atoms with Gasteiger partial charge in [-0.1, -0.05) is 60.7 Å². The molecule has 0 aromatic heterocycles. The van der Waals surface area contributed by atoms with E-state index in [9.17, 15) is 27.2 Å². The van der Waals surface area contributed by atoms with E-state index in [0.717, 1.165) is 6.07 Å². The van der Waals surface area contributed by atoms with Crippen LogP contribution in [0.2, 0.25) is 0 Å². The summed E-state index contributed by atoms with van der Waals surface area (Å²) in [7, 11) is 0. The number of esters is 1. The van der Waals surface area contributed by atoms with E-state index in [4.69, 9.17) is 4.74 Å². The van der Waals surface area contributed by atoms with Gasteiger partial charge in [0.1, 0.15) is 12.4 Å². The smallest absolute Gasteiger partial charge is 0.416 e. The maximum Gasteiger partial charge on any atom is 0.416 e. The first-order valence-electron chi connectivity index (χ1n) is 11.3. The fraction of sp³-hybridized carbons (Fsp3) is 0.214. The predicted molar refractivity (Wildman–Crippen MR) is 125 cm³/mol. The predicted octanol–water partition coefficient (Wildman–Crippen LogP) is 6.38. The molecule has 0 saturated carbocycles. The lowest BCUT2D eigenvalue weighted by Crippen LogP contribution is -2.38. The molecule has 1 heterocycles. The second-order valence-corrected chi connectivity index (χ2v) is 8.51. The molecule has 4 nitrogen and oxygen atoms in total. The number of rotatable bonds is 6. The third-order valence-corrected chi connectivity index (χ3v) is 6.13. The first-order valence-corrected chi connectivity index (χ1v) is 11.3. The van der Waals surface area contributed by atoms with E-state index < -0.39 is 35.4 Å². The lowest BCUT2D eigenvalue weighted by molar-refractivity contribution is -0.143. The summed E-state index contributed by atoms with van der Waals surface area (Å²) in [4.78, 5) is 27.8. The lowest BCUT2D eigenvalue weighted by atomic mass is 9.81. The summed E-state index contributed by atoms with van der Waals surface area (Å²) in [5.74, 6) is -2.92. The fourth-order valence-electron chi connectivity index (χ4n) is 4.41. The second kappa shape index (κ2) is 10.4. The SMILES string of the molecule is CC1=C(C(=O)OCc2ccccc2)C(c2ccccc2C(F)(F)F)CC(=O)N1Cc1cccc(F)c1. The number of alkyl halides is 3. The van der Waals surface area contributed by atoms with Crippen LogP contribution < -0.4 is 0 Å². The number of ether oxygens (including phenoxy) is 1. The summed E-state index contributed by atoms with van der Waals surface area (Å²) in [6, 6.07) is 19.4. The number of carbonyl (C=O) groups is 2. The normalized spacial score (nSPS) is 16.3. The number of allylic oxidation sites excluding steroid dienone is 1. The van der Waals surface area contributed by atoms with E-state index in [-0.39, 0.29) is 36.4 Å². The summed E-state index contributed by atoms with van der Waals surface area (Å²) in [5.41, 5.74) is 0.250. The molecule has 0 bridgehead atoms. The van der Waals surface area contributed by atoms with Crippen LogP contribution in [0.25, 0.3) is 0 Å². The van der Waals surface area contributed by atoms with Crippen LogP contribution in [0.15, 0.2) is 90.1 Å². The maximum absolute atomic E-state index is 13.8. The van der Waals surface area contributed by atoms with Crippen LogP contribution in [0, 0.1) is 5.82 Å². The van der Waals surface area contributed by atoms with Gasteiger partial charge in [0.2, 0.25) is 5.91 Å². The third-order valence-electron chi connectivity index (χ3n) is 6.13. The van der Waals surface area contributed by atoms with Crippen molar-refractivity contribution in [2.75, 3.05) is 0 Å². The molecular weight excluding hydrogens is 474 g/mol. The Labute approximate surface area is 205 Å². The van der Waals surface area contributed by atoms with Crippen LogP contribution in [-0.4, -0.2) is 16.8 Å². The minimum Gasteiger partial charge on any atom is -0.457 e. The van der Waals surface area contributed by atoms with Crippen molar-refractivity contribution in [3.05, 3.63) is 118 Å². The Hall–Kier alpha value is -3.94. The quantitative estimate of drug-likeness (QED) is 0.293. The molecule has 3 aromatic rings. The number of benzene rings is 3. The van der Waals surface area contributed by atoms with Crippen molar-refractivity contribution in [2.24, 2.45) is 0 Å². The van der Waals surface area contributed by atoms with Gasteiger partial charge in [-0.2, -0.15) is 13.2 Å². The van der Waals surface area contributed by atoms with E-state index in [1.54, 1.807) is 36.4 Å². The Morgan fingerprint density at radius 1 is 0.972 bits per heavy atom. The minimum atomic E-state index is -4.68. The Bertz CT molecular complexity index is 1300. The van der Waals surface area contributed by atoms with Gasteiger partial charge in [-0.05, 0) is 41.8 Å². The van der Waals surface area contributed by atoms with Gasteiger partial charge in [-0.15, -0.1) is 0 Å². The molecule has 4 rings (SSSR count). The average Bonchev–Trinajstić information content (AvgIpc) is 2.85. The number of carbonyl (C=O) groups excluding carboxylic acids is 2. The van der Waals surface area contributed by atoms with Crippen LogP contribution in [0.5, 0.6) is 0 Å². The highest BCUT2D eigenvalue weighted by atomic mass is 19.4. The number of amides is 1. The zero-order valence-corrected chi connectivity index (χ0v) is 19.4. The summed E-state index contributed by atoms with van der Waals surface area (Å²) in [6.45, 7) is 1.38. The van der Waals surface area contributed by atoms with Crippen molar-refractivity contribution in [2.45, 2.75) is 38.6 Å². The zero-order valence-electron chi connectivity index (χ0n) is 19.4. The van der Waals surface area contributed by atoms with E-state index in [1.165, 1.54) is 48.2 Å². The standard InChI is InChI=1S/C28H23F4NO3/c1-18-26(27(35)36-17-19-8-3-2-4-9-19)23(22-12-5-6-13-24(22)28(30,31)32)15-25(34)33(18)16-20-10-7-11-21(29)14-20/h2-14,23H,15-17H2,1H3. The summed E-state index contributed by atoms with van der Waals surface area (Å²) >= 11 is 0. The number of halogens is 4. The molecule has 1 aliphatic rings. The van der Waals surface area contributed by atoms with Crippen molar-refractivity contribution >= 4 is 11.9 Å². The van der Waals surface area contributed by atoms with Crippen molar-refractivity contribution in [1.82, 2.24) is 4.90 Å². The van der Waals surface area contributed by atoms with E-state index >= 15 is 0 Å². The summed E-state index contributed by atoms with van der Waals surface area (Å²) < 4.78 is 60.7. The van der Waals surface area contributed by atoms with E-state index in [2.05, 4.69) is 0 Å². The molecule has 0 aliphatic carbocycles. The van der Waals surface area contributed by atoms with E-state index in [1.807, 2.05) is 0 Å². The van der Waals surface area contributed by atoms with Crippen molar-refractivity contribution in [3.8, 4) is 0 Å². The Balaban J connectivity index is 1.76. The third kappa shape index (κ3) is 5.48. The number of hydrogen-bond acceptors (Lipinski definition) is 3. The van der Waals surface area contributed by atoms with Crippen molar-refractivity contribution < 1.29 is 31.9 Å². The first kappa shape index (κ1) is 25.2. The Morgan fingerprint density at radius 3 is 2.33 bits per heavy atom. The van der Waals surface area contributed by atoms with Crippen molar-refractivity contribution in [3.63, 3.8) is 0 Å². The minimum absolute atomic E-state index is 0.0290. The molecule has 1 unspecified atom stereocenters. The Morgan fingerprint density at radius 2 is 1.64 bits per heavy atom. The molecular formula is C28H23F4NO3. The van der Waals surface area contributed by atoms with Crippen LogP contribution in [-0.2, 0) is 33.7 Å². The van der Waals surface area contributed by atoms with Gasteiger partial charge in [0.05, 0.1) is 17.7 Å². The lowest BCUT2D eigenvalue weighted by Gasteiger charge is -2.35. The number of hydrogen-bond donors (Lipinski definition) is 0. The maximum atomic E-state index is 13.8. The summed E-state index contributed by atoms with van der Waals surface area (Å²) in [5, 5.41) is 0. The fourth-order valence-corrected chi connectivity index (χ4v) is 4.41. The van der Waals surface area contributed by atoms with Crippen LogP contribution >= 0.6 is 0 Å². The molecule has 8 heteroatoms. The molecule has 0 N–H and O–H groups in total. The molecule has 186 valence electrons. The van der Waals surface area contributed by atoms with Gasteiger partial charge in [0, 0.05) is 18.0 Å². The molecule has 3 aromatic carbocycles. The monoisotopic (exact) mass is 497 g/mol. The largest absolute Gasteiger partial charge is 0.457 e.